The molecule has 1 aliphatic carbocycles. The van der Waals surface area contributed by atoms with Gasteiger partial charge >= 0.3 is 0 Å². The smallest absolute Gasteiger partial charge is 0.158 e. The van der Waals surface area contributed by atoms with E-state index in [1.165, 1.54) is 12.8 Å². The number of aromatic nitrogens is 2. The number of rotatable bonds is 7. The van der Waals surface area contributed by atoms with Gasteiger partial charge in [0.15, 0.2) is 5.82 Å². The molecule has 0 bridgehead atoms. The Bertz CT molecular complexity index is 480. The third kappa shape index (κ3) is 3.61. The second-order valence-corrected chi connectivity index (χ2v) is 5.55. The topological polar surface area (TPSA) is 94.3 Å². The monoisotopic (exact) mass is 293 g/mol. The van der Waals surface area contributed by atoms with E-state index >= 15 is 0 Å². The van der Waals surface area contributed by atoms with Crippen molar-refractivity contribution >= 4 is 11.6 Å². The van der Waals surface area contributed by atoms with Gasteiger partial charge < -0.3 is 20.2 Å². The van der Waals surface area contributed by atoms with Crippen LogP contribution in [0.25, 0.3) is 0 Å². The molecular formula is C14H23N5O2. The average Bonchev–Trinajstić information content (AvgIpc) is 3.25. The van der Waals surface area contributed by atoms with Crippen molar-refractivity contribution in [2.75, 3.05) is 24.0 Å². The molecule has 2 atom stereocenters. The normalized spacial score (nSPS) is 25.0. The first-order valence-electron chi connectivity index (χ1n) is 7.60. The Kier molecular flexibility index (Phi) is 4.52. The molecule has 1 aliphatic heterocycles. The molecule has 0 radical (unpaired) electrons. The summed E-state index contributed by atoms with van der Waals surface area (Å²) in [5.74, 6) is 8.17. The lowest BCUT2D eigenvalue weighted by Crippen LogP contribution is -2.31. The molecule has 1 saturated carbocycles. The summed E-state index contributed by atoms with van der Waals surface area (Å²) in [6.07, 6.45) is 3.87. The summed E-state index contributed by atoms with van der Waals surface area (Å²) < 4.78 is 11.2. The average molecular weight is 293 g/mol. The van der Waals surface area contributed by atoms with E-state index in [-0.39, 0.29) is 0 Å². The Labute approximate surface area is 124 Å². The molecule has 1 aromatic rings. The van der Waals surface area contributed by atoms with E-state index in [0.29, 0.717) is 42.9 Å². The molecule has 7 nitrogen and oxygen atoms in total. The number of anilines is 2. The predicted octanol–water partition coefficient (Wildman–Crippen LogP) is 1.28. The van der Waals surface area contributed by atoms with E-state index in [1.54, 1.807) is 0 Å². The fourth-order valence-electron chi connectivity index (χ4n) is 2.75. The molecule has 21 heavy (non-hydrogen) atoms. The molecule has 7 heteroatoms. The van der Waals surface area contributed by atoms with Gasteiger partial charge in [0.1, 0.15) is 18.2 Å². The SMILES string of the molecule is CCOCc1nc(NN)cc(NC2CCOC2C2CC2)n1. The Morgan fingerprint density at radius 2 is 2.14 bits per heavy atom. The van der Waals surface area contributed by atoms with Crippen LogP contribution in [0.1, 0.15) is 32.0 Å². The van der Waals surface area contributed by atoms with Gasteiger partial charge in [-0.1, -0.05) is 0 Å². The molecular weight excluding hydrogens is 270 g/mol. The number of ether oxygens (including phenoxy) is 2. The van der Waals surface area contributed by atoms with Gasteiger partial charge in [0.25, 0.3) is 0 Å². The van der Waals surface area contributed by atoms with Gasteiger partial charge in [-0.25, -0.2) is 15.8 Å². The van der Waals surface area contributed by atoms with E-state index in [9.17, 15) is 0 Å². The highest BCUT2D eigenvalue weighted by atomic mass is 16.5. The maximum absolute atomic E-state index is 5.84. The molecule has 0 aromatic carbocycles. The molecule has 2 unspecified atom stereocenters. The van der Waals surface area contributed by atoms with Gasteiger partial charge in [0, 0.05) is 19.3 Å². The maximum atomic E-state index is 5.84. The van der Waals surface area contributed by atoms with Crippen molar-refractivity contribution in [3.05, 3.63) is 11.9 Å². The molecule has 1 saturated heterocycles. The second kappa shape index (κ2) is 6.55. The van der Waals surface area contributed by atoms with Crippen LogP contribution in [0, 0.1) is 5.92 Å². The van der Waals surface area contributed by atoms with Gasteiger partial charge in [0.05, 0.1) is 12.1 Å². The minimum Gasteiger partial charge on any atom is -0.376 e. The zero-order valence-electron chi connectivity index (χ0n) is 12.3. The molecule has 1 aromatic heterocycles. The van der Waals surface area contributed by atoms with Crippen molar-refractivity contribution in [1.29, 1.82) is 0 Å². The first-order valence-corrected chi connectivity index (χ1v) is 7.60. The highest BCUT2D eigenvalue weighted by Gasteiger charge is 2.40. The molecule has 116 valence electrons. The highest BCUT2D eigenvalue weighted by molar-refractivity contribution is 5.47. The summed E-state index contributed by atoms with van der Waals surface area (Å²) in [4.78, 5) is 8.79. The second-order valence-electron chi connectivity index (χ2n) is 5.55. The molecule has 2 aliphatic rings. The van der Waals surface area contributed by atoms with Gasteiger partial charge in [0.2, 0.25) is 0 Å². The Morgan fingerprint density at radius 1 is 1.33 bits per heavy atom. The quantitative estimate of drug-likeness (QED) is 0.515. The number of hydrazine groups is 1. The number of nitrogens with one attached hydrogen (secondary N) is 2. The number of hydrogen-bond donors (Lipinski definition) is 3. The summed E-state index contributed by atoms with van der Waals surface area (Å²) in [5, 5.41) is 3.48. The molecule has 0 amide bonds. The highest BCUT2D eigenvalue weighted by Crippen LogP contribution is 2.39. The van der Waals surface area contributed by atoms with Crippen molar-refractivity contribution in [3.63, 3.8) is 0 Å². The largest absolute Gasteiger partial charge is 0.376 e. The van der Waals surface area contributed by atoms with E-state index in [4.69, 9.17) is 15.3 Å². The van der Waals surface area contributed by atoms with Crippen molar-refractivity contribution in [2.24, 2.45) is 11.8 Å². The van der Waals surface area contributed by atoms with Crippen LogP contribution < -0.4 is 16.6 Å². The van der Waals surface area contributed by atoms with Gasteiger partial charge in [-0.2, -0.15) is 0 Å². The lowest BCUT2D eigenvalue weighted by Gasteiger charge is -2.20. The Morgan fingerprint density at radius 3 is 2.86 bits per heavy atom. The van der Waals surface area contributed by atoms with E-state index in [1.807, 2.05) is 13.0 Å². The molecule has 3 rings (SSSR count). The predicted molar refractivity (Wildman–Crippen MR) is 79.7 cm³/mol. The third-order valence-corrected chi connectivity index (χ3v) is 3.91. The van der Waals surface area contributed by atoms with Crippen LogP contribution in [-0.4, -0.2) is 35.3 Å². The van der Waals surface area contributed by atoms with E-state index < -0.39 is 0 Å². The minimum atomic E-state index is 0.310. The van der Waals surface area contributed by atoms with Crippen LogP contribution in [0.4, 0.5) is 11.6 Å². The number of nitrogens with zero attached hydrogens (tertiary/aromatic N) is 2. The van der Waals surface area contributed by atoms with Crippen LogP contribution >= 0.6 is 0 Å². The maximum Gasteiger partial charge on any atom is 0.158 e. The summed E-state index contributed by atoms with van der Waals surface area (Å²) in [5.41, 5.74) is 2.58. The minimum absolute atomic E-state index is 0.310. The summed E-state index contributed by atoms with van der Waals surface area (Å²) in [7, 11) is 0. The zero-order valence-corrected chi connectivity index (χ0v) is 12.3. The summed E-state index contributed by atoms with van der Waals surface area (Å²) in [6, 6.07) is 2.13. The molecule has 2 fully saturated rings. The number of nitrogens with two attached hydrogens (primary N) is 1. The van der Waals surface area contributed by atoms with Crippen LogP contribution in [0.3, 0.4) is 0 Å². The zero-order chi connectivity index (χ0) is 14.7. The van der Waals surface area contributed by atoms with Crippen LogP contribution in [0.15, 0.2) is 6.07 Å². The number of nitrogen functional groups attached to an aromatic ring is 1. The first-order chi connectivity index (χ1) is 10.3. The van der Waals surface area contributed by atoms with Crippen LogP contribution in [0.2, 0.25) is 0 Å². The van der Waals surface area contributed by atoms with Crippen LogP contribution in [-0.2, 0) is 16.1 Å². The fourth-order valence-corrected chi connectivity index (χ4v) is 2.75. The van der Waals surface area contributed by atoms with E-state index in [0.717, 1.165) is 18.8 Å². The Balaban J connectivity index is 1.70. The van der Waals surface area contributed by atoms with Gasteiger partial charge in [-0.05, 0) is 32.1 Å². The first kappa shape index (κ1) is 14.5. The van der Waals surface area contributed by atoms with Gasteiger partial charge in [-0.15, -0.1) is 0 Å². The van der Waals surface area contributed by atoms with Gasteiger partial charge in [-0.3, -0.25) is 0 Å². The van der Waals surface area contributed by atoms with Crippen molar-refractivity contribution < 1.29 is 9.47 Å². The molecule has 4 N–H and O–H groups in total. The fraction of sp³-hybridized carbons (Fsp3) is 0.714. The summed E-state index contributed by atoms with van der Waals surface area (Å²) in [6.45, 7) is 3.78. The summed E-state index contributed by atoms with van der Waals surface area (Å²) >= 11 is 0. The van der Waals surface area contributed by atoms with E-state index in [2.05, 4.69) is 20.7 Å². The standard InChI is InChI=1S/C14H23N5O2/c1-2-20-8-13-17-11(7-12(18-13)19-15)16-10-5-6-21-14(10)9-3-4-9/h7,9-10,14H,2-6,8,15H2,1H3,(H2,16,17,18,19). The van der Waals surface area contributed by atoms with Crippen molar-refractivity contribution in [3.8, 4) is 0 Å². The van der Waals surface area contributed by atoms with Crippen molar-refractivity contribution in [2.45, 2.75) is 44.9 Å². The van der Waals surface area contributed by atoms with Crippen LogP contribution in [0.5, 0.6) is 0 Å². The van der Waals surface area contributed by atoms with Crippen molar-refractivity contribution in [1.82, 2.24) is 9.97 Å². The number of hydrogen-bond acceptors (Lipinski definition) is 7. The molecule has 0 spiro atoms. The lowest BCUT2D eigenvalue weighted by molar-refractivity contribution is 0.0898. The molecule has 2 heterocycles. The lowest BCUT2D eigenvalue weighted by atomic mass is 10.1. The Hall–Kier alpha value is -1.44. The third-order valence-electron chi connectivity index (χ3n) is 3.91.